The predicted molar refractivity (Wildman–Crippen MR) is 88.3 cm³/mol. The summed E-state index contributed by atoms with van der Waals surface area (Å²) in [6, 6.07) is 6.22. The largest absolute Gasteiger partial charge is 0.352 e. The van der Waals surface area contributed by atoms with E-state index in [9.17, 15) is 4.79 Å². The Labute approximate surface area is 134 Å². The summed E-state index contributed by atoms with van der Waals surface area (Å²) in [6.07, 6.45) is 5.90. The fraction of sp³-hybridized carbons (Fsp3) is 0.562. The van der Waals surface area contributed by atoms with E-state index in [0.717, 1.165) is 28.6 Å². The van der Waals surface area contributed by atoms with Crippen molar-refractivity contribution in [2.45, 2.75) is 44.4 Å². The minimum Gasteiger partial charge on any atom is -0.352 e. The first-order chi connectivity index (χ1) is 10.1. The van der Waals surface area contributed by atoms with Gasteiger partial charge in [0.1, 0.15) is 0 Å². The molecule has 1 unspecified atom stereocenters. The lowest BCUT2D eigenvalue weighted by molar-refractivity contribution is 0.0268. The second-order valence-electron chi connectivity index (χ2n) is 6.18. The number of carbonyl (C=O) groups excluding carboxylic acids is 1. The van der Waals surface area contributed by atoms with E-state index in [2.05, 4.69) is 26.1 Å². The molecule has 1 fully saturated rings. The molecule has 1 aliphatic heterocycles. The van der Waals surface area contributed by atoms with Gasteiger partial charge in [-0.2, -0.15) is 0 Å². The first-order valence-electron chi connectivity index (χ1n) is 7.63. The molecule has 1 N–H and O–H groups in total. The monoisotopic (exact) mass is 351 g/mol. The highest BCUT2D eigenvalue weighted by Gasteiger charge is 2.38. The van der Waals surface area contributed by atoms with Gasteiger partial charge in [-0.1, -0.05) is 35.2 Å². The van der Waals surface area contributed by atoms with Crippen molar-refractivity contribution < 1.29 is 4.79 Å². The highest BCUT2D eigenvalue weighted by Crippen LogP contribution is 2.33. The van der Waals surface area contributed by atoms with Crippen LogP contribution >= 0.6 is 15.9 Å². The molecule has 1 aliphatic carbocycles. The molecular weight excluding hydrogens is 330 g/mol. The molecule has 0 spiro atoms. The second-order valence-corrected chi connectivity index (χ2v) is 7.09. The number of hydrogen-bond acceptors (Lipinski definition) is 3. The average molecular weight is 352 g/mol. The lowest BCUT2D eigenvalue weighted by Gasteiger charge is -2.46. The van der Waals surface area contributed by atoms with Crippen molar-refractivity contribution in [3.8, 4) is 0 Å². The number of fused-ring (bicyclic) bond motifs is 1. The van der Waals surface area contributed by atoms with Gasteiger partial charge >= 0.3 is 0 Å². The Hall–Kier alpha value is -1.07. The number of anilines is 1. The van der Waals surface area contributed by atoms with Crippen molar-refractivity contribution in [2.75, 3.05) is 19.4 Å². The summed E-state index contributed by atoms with van der Waals surface area (Å²) in [6.45, 7) is 0. The zero-order chi connectivity index (χ0) is 15.0. The van der Waals surface area contributed by atoms with Gasteiger partial charge in [-0.15, -0.1) is 0 Å². The first kappa shape index (κ1) is 14.9. The lowest BCUT2D eigenvalue weighted by atomic mass is 9.93. The maximum absolute atomic E-state index is 13.0. The van der Waals surface area contributed by atoms with Crippen molar-refractivity contribution in [3.63, 3.8) is 0 Å². The van der Waals surface area contributed by atoms with Gasteiger partial charge in [-0.05, 0) is 45.1 Å². The maximum Gasteiger partial charge on any atom is 0.258 e. The smallest absolute Gasteiger partial charge is 0.258 e. The quantitative estimate of drug-likeness (QED) is 0.885. The highest BCUT2D eigenvalue weighted by atomic mass is 79.9. The number of carbonyl (C=O) groups is 1. The third kappa shape index (κ3) is 2.81. The van der Waals surface area contributed by atoms with Gasteiger partial charge in [0.05, 0.1) is 5.56 Å². The van der Waals surface area contributed by atoms with E-state index in [-0.39, 0.29) is 12.2 Å². The number of rotatable bonds is 2. The van der Waals surface area contributed by atoms with Crippen LogP contribution in [0, 0.1) is 0 Å². The second kappa shape index (κ2) is 5.97. The molecule has 5 heteroatoms. The van der Waals surface area contributed by atoms with E-state index in [1.54, 1.807) is 0 Å². The molecule has 21 heavy (non-hydrogen) atoms. The lowest BCUT2D eigenvalue weighted by Crippen LogP contribution is -2.59. The van der Waals surface area contributed by atoms with Gasteiger partial charge in [0.15, 0.2) is 6.29 Å². The molecule has 1 aromatic carbocycles. The van der Waals surface area contributed by atoms with E-state index in [4.69, 9.17) is 0 Å². The van der Waals surface area contributed by atoms with E-state index >= 15 is 0 Å². The third-order valence-electron chi connectivity index (χ3n) is 4.45. The topological polar surface area (TPSA) is 35.6 Å². The summed E-state index contributed by atoms with van der Waals surface area (Å²) in [5, 5.41) is 3.51. The molecule has 1 atom stereocenters. The summed E-state index contributed by atoms with van der Waals surface area (Å²) < 4.78 is 0.947. The normalized spacial score (nSPS) is 23.1. The molecule has 4 nitrogen and oxygen atoms in total. The summed E-state index contributed by atoms with van der Waals surface area (Å²) in [4.78, 5) is 17.2. The Balaban J connectivity index is 1.97. The standard InChI is InChI=1S/C16H22BrN3O/c1-19(2)16-18-14-9-8-11(17)10-13(14)15(21)20(16)12-6-4-3-5-7-12/h8-10,12,16,18H,3-7H2,1-2H3. The van der Waals surface area contributed by atoms with Gasteiger partial charge in [0.2, 0.25) is 0 Å². The molecule has 0 radical (unpaired) electrons. The van der Waals surface area contributed by atoms with Crippen molar-refractivity contribution in [2.24, 2.45) is 0 Å². The molecule has 1 saturated carbocycles. The van der Waals surface area contributed by atoms with E-state index < -0.39 is 0 Å². The number of halogens is 1. The van der Waals surface area contributed by atoms with Crippen LogP contribution in [0.2, 0.25) is 0 Å². The van der Waals surface area contributed by atoms with Crippen LogP contribution in [0.25, 0.3) is 0 Å². The summed E-state index contributed by atoms with van der Waals surface area (Å²) >= 11 is 3.47. The van der Waals surface area contributed by atoms with E-state index in [0.29, 0.717) is 6.04 Å². The van der Waals surface area contributed by atoms with Gasteiger partial charge in [0, 0.05) is 16.2 Å². The van der Waals surface area contributed by atoms with Crippen molar-refractivity contribution >= 4 is 27.5 Å². The number of amides is 1. The number of nitrogens with one attached hydrogen (secondary N) is 1. The Bertz CT molecular complexity index is 540. The minimum absolute atomic E-state index is 0.0609. The molecule has 0 saturated heterocycles. The molecule has 1 amide bonds. The van der Waals surface area contributed by atoms with Gasteiger partial charge in [-0.3, -0.25) is 9.69 Å². The van der Waals surface area contributed by atoms with Gasteiger partial charge in [0.25, 0.3) is 5.91 Å². The van der Waals surface area contributed by atoms with Gasteiger partial charge in [-0.25, -0.2) is 0 Å². The molecule has 2 aliphatic rings. The molecular formula is C16H22BrN3O. The summed E-state index contributed by atoms with van der Waals surface area (Å²) in [5.74, 6) is 0.149. The van der Waals surface area contributed by atoms with Crippen molar-refractivity contribution in [3.05, 3.63) is 28.2 Å². The average Bonchev–Trinajstić information content (AvgIpc) is 2.48. The maximum atomic E-state index is 13.0. The van der Waals surface area contributed by atoms with E-state index in [1.165, 1.54) is 19.3 Å². The number of nitrogens with zero attached hydrogens (tertiary/aromatic N) is 2. The number of hydrogen-bond donors (Lipinski definition) is 1. The molecule has 0 aromatic heterocycles. The fourth-order valence-corrected chi connectivity index (χ4v) is 3.74. The van der Waals surface area contributed by atoms with Crippen LogP contribution in [0.4, 0.5) is 5.69 Å². The van der Waals surface area contributed by atoms with E-state index in [1.807, 2.05) is 37.2 Å². The SMILES string of the molecule is CN(C)C1Nc2ccc(Br)cc2C(=O)N1C1CCCCC1. The zero-order valence-corrected chi connectivity index (χ0v) is 14.2. The fourth-order valence-electron chi connectivity index (χ4n) is 3.38. The molecule has 1 heterocycles. The Kier molecular flexibility index (Phi) is 4.22. The predicted octanol–water partition coefficient (Wildman–Crippen LogP) is 3.49. The van der Waals surface area contributed by atoms with Crippen molar-refractivity contribution in [1.29, 1.82) is 0 Å². The summed E-state index contributed by atoms with van der Waals surface area (Å²) in [5.41, 5.74) is 1.70. The number of benzene rings is 1. The molecule has 0 bridgehead atoms. The molecule has 114 valence electrons. The Morgan fingerprint density at radius 2 is 1.95 bits per heavy atom. The summed E-state index contributed by atoms with van der Waals surface area (Å²) in [7, 11) is 4.04. The first-order valence-corrected chi connectivity index (χ1v) is 8.42. The molecule has 3 rings (SSSR count). The Morgan fingerprint density at radius 3 is 2.62 bits per heavy atom. The highest BCUT2D eigenvalue weighted by molar-refractivity contribution is 9.10. The van der Waals surface area contributed by atoms with Gasteiger partial charge < -0.3 is 10.2 Å². The Morgan fingerprint density at radius 1 is 1.24 bits per heavy atom. The molecule has 1 aromatic rings. The van der Waals surface area contributed by atoms with Crippen LogP contribution in [0.3, 0.4) is 0 Å². The van der Waals surface area contributed by atoms with Crippen LogP contribution in [0.15, 0.2) is 22.7 Å². The zero-order valence-electron chi connectivity index (χ0n) is 12.6. The van der Waals surface area contributed by atoms with Crippen LogP contribution in [-0.2, 0) is 0 Å². The van der Waals surface area contributed by atoms with Crippen molar-refractivity contribution in [1.82, 2.24) is 9.80 Å². The van der Waals surface area contributed by atoms with Crippen LogP contribution in [-0.4, -0.2) is 42.1 Å². The van der Waals surface area contributed by atoms with Crippen LogP contribution in [0.1, 0.15) is 42.5 Å². The van der Waals surface area contributed by atoms with Crippen LogP contribution in [0.5, 0.6) is 0 Å². The third-order valence-corrected chi connectivity index (χ3v) is 4.95. The van der Waals surface area contributed by atoms with Crippen LogP contribution < -0.4 is 5.32 Å². The minimum atomic E-state index is -0.0609.